The van der Waals surface area contributed by atoms with E-state index in [1.165, 1.54) is 23.9 Å². The standard InChI is InChI=1S/C17H21N3O5S/c1-2-25-17(22)14-4-3-5-15(14)18-19-16(21)11-26-10-12-6-8-13(9-7-12)20(23)24/h6-9,14H,2-5,10-11H2,1H3,(H,19,21)/b18-15-/t14-/m0/s1. The first-order valence-corrected chi connectivity index (χ1v) is 9.49. The van der Waals surface area contributed by atoms with Gasteiger partial charge < -0.3 is 4.74 Å². The van der Waals surface area contributed by atoms with Crippen molar-refractivity contribution in [3.63, 3.8) is 0 Å². The number of non-ortho nitro benzene ring substituents is 1. The summed E-state index contributed by atoms with van der Waals surface area (Å²) in [6.45, 7) is 2.09. The van der Waals surface area contributed by atoms with Crippen LogP contribution in [0, 0.1) is 16.0 Å². The Labute approximate surface area is 155 Å². The van der Waals surface area contributed by atoms with Crippen molar-refractivity contribution in [3.05, 3.63) is 39.9 Å². The van der Waals surface area contributed by atoms with E-state index in [0.29, 0.717) is 30.9 Å². The number of hydrogen-bond donors (Lipinski definition) is 1. The fraction of sp³-hybridized carbons (Fsp3) is 0.471. The van der Waals surface area contributed by atoms with Gasteiger partial charge in [0.05, 0.1) is 28.9 Å². The van der Waals surface area contributed by atoms with Crippen LogP contribution >= 0.6 is 11.8 Å². The Hall–Kier alpha value is -2.42. The number of nitrogens with one attached hydrogen (secondary N) is 1. The quantitative estimate of drug-likeness (QED) is 0.422. The summed E-state index contributed by atoms with van der Waals surface area (Å²) in [6.07, 6.45) is 2.23. The molecule has 1 aliphatic carbocycles. The van der Waals surface area contributed by atoms with Gasteiger partial charge in [-0.05, 0) is 31.7 Å². The minimum Gasteiger partial charge on any atom is -0.465 e. The number of hydrazone groups is 1. The summed E-state index contributed by atoms with van der Waals surface area (Å²) in [4.78, 5) is 33.9. The predicted molar refractivity (Wildman–Crippen MR) is 98.8 cm³/mol. The number of carbonyl (C=O) groups excluding carboxylic acids is 2. The van der Waals surface area contributed by atoms with Crippen LogP contribution in [0.4, 0.5) is 5.69 Å². The van der Waals surface area contributed by atoms with E-state index in [1.54, 1.807) is 19.1 Å². The van der Waals surface area contributed by atoms with Crippen molar-refractivity contribution in [2.24, 2.45) is 11.0 Å². The highest BCUT2D eigenvalue weighted by atomic mass is 32.2. The second-order valence-corrected chi connectivity index (χ2v) is 6.74. The maximum absolute atomic E-state index is 11.9. The molecule has 140 valence electrons. The molecule has 0 saturated heterocycles. The summed E-state index contributed by atoms with van der Waals surface area (Å²) in [7, 11) is 0. The molecule has 1 fully saturated rings. The zero-order valence-electron chi connectivity index (χ0n) is 14.5. The smallest absolute Gasteiger partial charge is 0.314 e. The SMILES string of the molecule is CCOC(=O)[C@H]1CCC/C1=N/NC(=O)CSCc1ccc([N+](=O)[O-])cc1. The molecule has 9 heteroatoms. The van der Waals surface area contributed by atoms with Crippen LogP contribution in [0.1, 0.15) is 31.7 Å². The van der Waals surface area contributed by atoms with Crippen molar-refractivity contribution in [1.29, 1.82) is 0 Å². The lowest BCUT2D eigenvalue weighted by Gasteiger charge is -2.10. The highest BCUT2D eigenvalue weighted by molar-refractivity contribution is 7.99. The molecule has 0 spiro atoms. The van der Waals surface area contributed by atoms with Crippen LogP contribution in [-0.2, 0) is 20.1 Å². The lowest BCUT2D eigenvalue weighted by atomic mass is 10.1. The molecule has 8 nitrogen and oxygen atoms in total. The van der Waals surface area contributed by atoms with Gasteiger partial charge in [-0.2, -0.15) is 5.10 Å². The Morgan fingerprint density at radius 1 is 1.38 bits per heavy atom. The summed E-state index contributed by atoms with van der Waals surface area (Å²) < 4.78 is 5.02. The van der Waals surface area contributed by atoms with Gasteiger partial charge in [0.2, 0.25) is 5.91 Å². The summed E-state index contributed by atoms with van der Waals surface area (Å²) in [6, 6.07) is 6.23. The molecule has 1 amide bonds. The third-order valence-corrected chi connectivity index (χ3v) is 4.88. The van der Waals surface area contributed by atoms with E-state index in [-0.39, 0.29) is 29.2 Å². The molecular formula is C17H21N3O5S. The lowest BCUT2D eigenvalue weighted by molar-refractivity contribution is -0.384. The first-order valence-electron chi connectivity index (χ1n) is 8.34. The van der Waals surface area contributed by atoms with Crippen molar-refractivity contribution >= 4 is 35.0 Å². The lowest BCUT2D eigenvalue weighted by Crippen LogP contribution is -2.26. The maximum Gasteiger partial charge on any atom is 0.314 e. The molecule has 0 bridgehead atoms. The molecule has 0 aromatic heterocycles. The average Bonchev–Trinajstić information content (AvgIpc) is 3.09. The molecule has 0 unspecified atom stereocenters. The van der Waals surface area contributed by atoms with E-state index < -0.39 is 4.92 Å². The number of esters is 1. The van der Waals surface area contributed by atoms with Gasteiger partial charge in [0.25, 0.3) is 5.69 Å². The van der Waals surface area contributed by atoms with Gasteiger partial charge >= 0.3 is 5.97 Å². The normalized spacial score (nSPS) is 17.9. The van der Waals surface area contributed by atoms with Gasteiger partial charge in [0.15, 0.2) is 0 Å². The molecule has 0 radical (unpaired) electrons. The Balaban J connectivity index is 1.76. The minimum absolute atomic E-state index is 0.0417. The average molecular weight is 379 g/mol. The third-order valence-electron chi connectivity index (χ3n) is 3.87. The Kier molecular flexibility index (Phi) is 7.58. The highest BCUT2D eigenvalue weighted by Gasteiger charge is 2.30. The summed E-state index contributed by atoms with van der Waals surface area (Å²) in [5.74, 6) is -0.127. The fourth-order valence-corrected chi connectivity index (χ4v) is 3.38. The van der Waals surface area contributed by atoms with Crippen molar-refractivity contribution in [3.8, 4) is 0 Å². The number of nitrogens with zero attached hydrogens (tertiary/aromatic N) is 2. The summed E-state index contributed by atoms with van der Waals surface area (Å²) in [5.41, 5.74) is 4.10. The van der Waals surface area contributed by atoms with Crippen LogP contribution < -0.4 is 5.43 Å². The number of thioether (sulfide) groups is 1. The molecule has 1 aromatic rings. The second-order valence-electron chi connectivity index (χ2n) is 5.75. The predicted octanol–water partition coefficient (Wildman–Crippen LogP) is 2.66. The van der Waals surface area contributed by atoms with E-state index in [2.05, 4.69) is 10.5 Å². The number of benzene rings is 1. The van der Waals surface area contributed by atoms with Crippen molar-refractivity contribution < 1.29 is 19.2 Å². The molecule has 1 aromatic carbocycles. The van der Waals surface area contributed by atoms with Gasteiger partial charge in [-0.15, -0.1) is 11.8 Å². The van der Waals surface area contributed by atoms with Gasteiger partial charge in [0.1, 0.15) is 0 Å². The zero-order chi connectivity index (χ0) is 18.9. The number of carbonyl (C=O) groups is 2. The van der Waals surface area contributed by atoms with Crippen LogP contribution in [-0.4, -0.2) is 34.9 Å². The van der Waals surface area contributed by atoms with Gasteiger partial charge in [0, 0.05) is 17.9 Å². The van der Waals surface area contributed by atoms with E-state index >= 15 is 0 Å². The Bertz CT molecular complexity index is 690. The van der Waals surface area contributed by atoms with E-state index in [9.17, 15) is 19.7 Å². The largest absolute Gasteiger partial charge is 0.465 e. The van der Waals surface area contributed by atoms with Gasteiger partial charge in [-0.25, -0.2) is 5.43 Å². The zero-order valence-corrected chi connectivity index (χ0v) is 15.3. The van der Waals surface area contributed by atoms with Crippen LogP contribution in [0.2, 0.25) is 0 Å². The summed E-state index contributed by atoms with van der Waals surface area (Å²) in [5, 5.41) is 14.7. The third kappa shape index (κ3) is 5.83. The second kappa shape index (κ2) is 9.91. The molecule has 0 heterocycles. The monoisotopic (exact) mass is 379 g/mol. The molecular weight excluding hydrogens is 358 g/mol. The molecule has 1 atom stereocenters. The number of hydrogen-bond acceptors (Lipinski definition) is 7. The molecule has 26 heavy (non-hydrogen) atoms. The molecule has 1 saturated carbocycles. The highest BCUT2D eigenvalue weighted by Crippen LogP contribution is 2.24. The molecule has 1 aliphatic rings. The Morgan fingerprint density at radius 2 is 2.12 bits per heavy atom. The van der Waals surface area contributed by atoms with Gasteiger partial charge in [-0.1, -0.05) is 12.1 Å². The van der Waals surface area contributed by atoms with Crippen molar-refractivity contribution in [2.45, 2.75) is 31.9 Å². The number of ether oxygens (including phenoxy) is 1. The molecule has 0 aliphatic heterocycles. The number of nitro groups is 1. The number of nitro benzene ring substituents is 1. The maximum atomic E-state index is 11.9. The van der Waals surface area contributed by atoms with Crippen LogP contribution in [0.25, 0.3) is 0 Å². The van der Waals surface area contributed by atoms with Crippen LogP contribution in [0.5, 0.6) is 0 Å². The van der Waals surface area contributed by atoms with E-state index in [4.69, 9.17) is 4.74 Å². The van der Waals surface area contributed by atoms with E-state index in [1.807, 2.05) is 0 Å². The van der Waals surface area contributed by atoms with Crippen molar-refractivity contribution in [1.82, 2.24) is 5.43 Å². The Morgan fingerprint density at radius 3 is 2.77 bits per heavy atom. The topological polar surface area (TPSA) is 111 Å². The summed E-state index contributed by atoms with van der Waals surface area (Å²) >= 11 is 1.38. The first-order chi connectivity index (χ1) is 12.5. The number of rotatable bonds is 8. The van der Waals surface area contributed by atoms with Gasteiger partial charge in [-0.3, -0.25) is 19.7 Å². The molecule has 1 N–H and O–H groups in total. The fourth-order valence-electron chi connectivity index (χ4n) is 2.60. The van der Waals surface area contributed by atoms with Crippen LogP contribution in [0.3, 0.4) is 0 Å². The number of amides is 1. The van der Waals surface area contributed by atoms with Crippen LogP contribution in [0.15, 0.2) is 29.4 Å². The minimum atomic E-state index is -0.448. The van der Waals surface area contributed by atoms with Crippen molar-refractivity contribution in [2.75, 3.05) is 12.4 Å². The first kappa shape index (κ1) is 19.9. The van der Waals surface area contributed by atoms with E-state index in [0.717, 1.165) is 12.0 Å². The molecule has 2 rings (SSSR count).